The van der Waals surface area contributed by atoms with E-state index in [-0.39, 0.29) is 5.91 Å². The Labute approximate surface area is 165 Å². The lowest BCUT2D eigenvalue weighted by molar-refractivity contribution is 0.0946. The number of likely N-dealkylation sites (N-methyl/N-ethyl adjacent to an activating group) is 1. The molecule has 0 atom stereocenters. The number of aryl methyl sites for hydroxylation is 1. The summed E-state index contributed by atoms with van der Waals surface area (Å²) in [6.45, 7) is 3.35. The van der Waals surface area contributed by atoms with Gasteiger partial charge in [0.15, 0.2) is 5.82 Å². The number of aromatic nitrogens is 2. The number of nitrogens with zero attached hydrogens (tertiary/aromatic N) is 3. The lowest BCUT2D eigenvalue weighted by Crippen LogP contribution is -2.32. The summed E-state index contributed by atoms with van der Waals surface area (Å²) in [6, 6.07) is 19.3. The zero-order chi connectivity index (χ0) is 19.9. The number of benzene rings is 2. The number of hydrogen-bond donors (Lipinski definition) is 2. The van der Waals surface area contributed by atoms with Gasteiger partial charge in [0.2, 0.25) is 0 Å². The zero-order valence-corrected chi connectivity index (χ0v) is 16.4. The van der Waals surface area contributed by atoms with Gasteiger partial charge in [-0.1, -0.05) is 42.5 Å². The highest BCUT2D eigenvalue weighted by molar-refractivity contribution is 5.93. The van der Waals surface area contributed by atoms with Crippen LogP contribution in [0.15, 0.2) is 60.7 Å². The maximum Gasteiger partial charge on any atom is 0.270 e. The topological polar surface area (TPSA) is 70.2 Å². The van der Waals surface area contributed by atoms with Crippen LogP contribution in [-0.4, -0.2) is 48.0 Å². The van der Waals surface area contributed by atoms with E-state index in [1.54, 1.807) is 6.07 Å². The van der Waals surface area contributed by atoms with Gasteiger partial charge in [0.25, 0.3) is 5.91 Å². The van der Waals surface area contributed by atoms with Crippen molar-refractivity contribution in [3.63, 3.8) is 0 Å². The van der Waals surface area contributed by atoms with Gasteiger partial charge in [0, 0.05) is 30.4 Å². The second kappa shape index (κ2) is 9.10. The lowest BCUT2D eigenvalue weighted by Gasteiger charge is -2.12. The van der Waals surface area contributed by atoms with Crippen molar-refractivity contribution in [1.29, 1.82) is 0 Å². The Balaban J connectivity index is 1.91. The molecule has 1 heterocycles. The molecule has 0 saturated carbocycles. The fourth-order valence-electron chi connectivity index (χ4n) is 2.70. The smallest absolute Gasteiger partial charge is 0.270 e. The molecule has 2 N–H and O–H groups in total. The molecule has 0 bridgehead atoms. The molecule has 0 unspecified atom stereocenters. The molecule has 0 spiro atoms. The molecule has 0 radical (unpaired) electrons. The van der Waals surface area contributed by atoms with Crippen LogP contribution in [0.5, 0.6) is 0 Å². The Morgan fingerprint density at radius 3 is 2.50 bits per heavy atom. The molecule has 28 heavy (non-hydrogen) atoms. The van der Waals surface area contributed by atoms with Crippen molar-refractivity contribution in [2.45, 2.75) is 6.92 Å². The lowest BCUT2D eigenvalue weighted by atomic mass is 10.2. The first-order chi connectivity index (χ1) is 13.5. The van der Waals surface area contributed by atoms with Crippen molar-refractivity contribution in [3.05, 3.63) is 71.9 Å². The summed E-state index contributed by atoms with van der Waals surface area (Å²) in [5.74, 6) is 0.877. The predicted octanol–water partition coefficient (Wildman–Crippen LogP) is 3.49. The van der Waals surface area contributed by atoms with Crippen LogP contribution in [0, 0.1) is 6.92 Å². The van der Waals surface area contributed by atoms with Crippen LogP contribution in [0.4, 0.5) is 11.5 Å². The van der Waals surface area contributed by atoms with E-state index in [4.69, 9.17) is 0 Å². The van der Waals surface area contributed by atoms with Crippen molar-refractivity contribution < 1.29 is 4.79 Å². The molecule has 0 aliphatic heterocycles. The first-order valence-electron chi connectivity index (χ1n) is 9.22. The maximum absolute atomic E-state index is 12.6. The highest BCUT2D eigenvalue weighted by atomic mass is 16.1. The van der Waals surface area contributed by atoms with Crippen LogP contribution in [-0.2, 0) is 0 Å². The number of amides is 1. The van der Waals surface area contributed by atoms with Gasteiger partial charge in [0.05, 0.1) is 0 Å². The fraction of sp³-hybridized carbons (Fsp3) is 0.227. The van der Waals surface area contributed by atoms with Crippen molar-refractivity contribution in [2.75, 3.05) is 32.5 Å². The van der Waals surface area contributed by atoms with Crippen molar-refractivity contribution in [2.24, 2.45) is 0 Å². The van der Waals surface area contributed by atoms with Crippen LogP contribution in [0.1, 0.15) is 16.1 Å². The van der Waals surface area contributed by atoms with E-state index in [1.165, 1.54) is 0 Å². The number of carbonyl (C=O) groups is 1. The quantitative estimate of drug-likeness (QED) is 0.662. The fourth-order valence-corrected chi connectivity index (χ4v) is 2.70. The molecular weight excluding hydrogens is 350 g/mol. The number of anilines is 2. The van der Waals surface area contributed by atoms with Gasteiger partial charge in [-0.15, -0.1) is 0 Å². The van der Waals surface area contributed by atoms with Gasteiger partial charge in [-0.3, -0.25) is 4.79 Å². The zero-order valence-electron chi connectivity index (χ0n) is 16.4. The van der Waals surface area contributed by atoms with Crippen LogP contribution in [0.25, 0.3) is 11.4 Å². The van der Waals surface area contributed by atoms with Crippen molar-refractivity contribution in [1.82, 2.24) is 20.2 Å². The molecule has 144 valence electrons. The third-order valence-electron chi connectivity index (χ3n) is 4.13. The SMILES string of the molecule is Cc1cccc(Nc2cc(C(=O)NCCN(C)C)nc(-c3ccccc3)n2)c1. The molecule has 1 aromatic heterocycles. The van der Waals surface area contributed by atoms with Gasteiger partial charge >= 0.3 is 0 Å². The molecule has 0 aliphatic rings. The normalized spacial score (nSPS) is 10.7. The van der Waals surface area contributed by atoms with E-state index in [2.05, 4.69) is 20.6 Å². The summed E-state index contributed by atoms with van der Waals surface area (Å²) in [7, 11) is 3.93. The average molecular weight is 375 g/mol. The van der Waals surface area contributed by atoms with Crippen LogP contribution in [0.2, 0.25) is 0 Å². The summed E-state index contributed by atoms with van der Waals surface area (Å²) in [6.07, 6.45) is 0. The van der Waals surface area contributed by atoms with Gasteiger partial charge in [0.1, 0.15) is 11.5 Å². The third kappa shape index (κ3) is 5.37. The van der Waals surface area contributed by atoms with E-state index in [0.29, 0.717) is 23.9 Å². The number of nitrogens with one attached hydrogen (secondary N) is 2. The Kier molecular flexibility index (Phi) is 6.34. The monoisotopic (exact) mass is 375 g/mol. The predicted molar refractivity (Wildman–Crippen MR) is 113 cm³/mol. The molecule has 2 aromatic carbocycles. The van der Waals surface area contributed by atoms with Gasteiger partial charge < -0.3 is 15.5 Å². The average Bonchev–Trinajstić information content (AvgIpc) is 2.68. The summed E-state index contributed by atoms with van der Waals surface area (Å²) >= 11 is 0. The Morgan fingerprint density at radius 2 is 1.79 bits per heavy atom. The maximum atomic E-state index is 12.6. The molecule has 6 nitrogen and oxygen atoms in total. The molecule has 0 fully saturated rings. The molecule has 3 rings (SSSR count). The minimum absolute atomic E-state index is 0.214. The van der Waals surface area contributed by atoms with E-state index < -0.39 is 0 Å². The summed E-state index contributed by atoms with van der Waals surface area (Å²) in [5, 5.41) is 6.20. The summed E-state index contributed by atoms with van der Waals surface area (Å²) < 4.78 is 0. The third-order valence-corrected chi connectivity index (χ3v) is 4.13. The minimum Gasteiger partial charge on any atom is -0.349 e. The molecule has 6 heteroatoms. The highest BCUT2D eigenvalue weighted by Gasteiger charge is 2.13. The molecule has 0 saturated heterocycles. The first-order valence-corrected chi connectivity index (χ1v) is 9.22. The highest BCUT2D eigenvalue weighted by Crippen LogP contribution is 2.21. The van der Waals surface area contributed by atoms with Crippen molar-refractivity contribution >= 4 is 17.4 Å². The molecule has 1 amide bonds. The van der Waals surface area contributed by atoms with Crippen LogP contribution >= 0.6 is 0 Å². The largest absolute Gasteiger partial charge is 0.349 e. The Hall–Kier alpha value is -3.25. The van der Waals surface area contributed by atoms with E-state index in [1.807, 2.05) is 80.5 Å². The standard InChI is InChI=1S/C22H25N5O/c1-16-8-7-11-18(14-16)24-20-15-19(22(28)23-12-13-27(2)3)25-21(26-20)17-9-5-4-6-10-17/h4-11,14-15H,12-13H2,1-3H3,(H,23,28)(H,24,25,26). The van der Waals surface area contributed by atoms with Gasteiger partial charge in [-0.25, -0.2) is 9.97 Å². The molecule has 0 aliphatic carbocycles. The minimum atomic E-state index is -0.214. The van der Waals surface area contributed by atoms with E-state index in [9.17, 15) is 4.79 Å². The number of hydrogen-bond acceptors (Lipinski definition) is 5. The van der Waals surface area contributed by atoms with Crippen LogP contribution < -0.4 is 10.6 Å². The Bertz CT molecular complexity index is 941. The molecule has 3 aromatic rings. The summed E-state index contributed by atoms with van der Waals surface area (Å²) in [5.41, 5.74) is 3.25. The second-order valence-corrected chi connectivity index (χ2v) is 6.88. The summed E-state index contributed by atoms with van der Waals surface area (Å²) in [4.78, 5) is 23.7. The van der Waals surface area contributed by atoms with Gasteiger partial charge in [-0.2, -0.15) is 0 Å². The number of rotatable bonds is 7. The first kappa shape index (κ1) is 19.5. The Morgan fingerprint density at radius 1 is 1.00 bits per heavy atom. The van der Waals surface area contributed by atoms with Crippen molar-refractivity contribution in [3.8, 4) is 11.4 Å². The van der Waals surface area contributed by atoms with E-state index >= 15 is 0 Å². The second-order valence-electron chi connectivity index (χ2n) is 6.88. The van der Waals surface area contributed by atoms with Crippen LogP contribution in [0.3, 0.4) is 0 Å². The molecular formula is C22H25N5O. The number of carbonyl (C=O) groups excluding carboxylic acids is 1. The van der Waals surface area contributed by atoms with E-state index in [0.717, 1.165) is 23.4 Å². The van der Waals surface area contributed by atoms with Gasteiger partial charge in [-0.05, 0) is 38.7 Å².